The fraction of sp³-hybridized carbons (Fsp3) is 0.200. The third-order valence-electron chi connectivity index (χ3n) is 4.54. The highest BCUT2D eigenvalue weighted by atomic mass is 16.5. The number of para-hydroxylation sites is 1. The molecular formula is C20H18N2O3. The number of nitrogens with zero attached hydrogens (tertiary/aromatic N) is 2. The molecule has 5 nitrogen and oxygen atoms in total. The predicted molar refractivity (Wildman–Crippen MR) is 96.0 cm³/mol. The van der Waals surface area contributed by atoms with E-state index >= 15 is 0 Å². The van der Waals surface area contributed by atoms with Crippen molar-refractivity contribution >= 4 is 23.1 Å². The van der Waals surface area contributed by atoms with Gasteiger partial charge in [0.05, 0.1) is 37.4 Å². The molecule has 0 bridgehead atoms. The van der Waals surface area contributed by atoms with Crippen LogP contribution in [0.2, 0.25) is 0 Å². The molecule has 0 amide bonds. The van der Waals surface area contributed by atoms with E-state index in [1.54, 1.807) is 0 Å². The monoisotopic (exact) mass is 334 g/mol. The molecule has 1 saturated heterocycles. The summed E-state index contributed by atoms with van der Waals surface area (Å²) in [6.45, 7) is 0.564. The zero-order valence-corrected chi connectivity index (χ0v) is 13.9. The first kappa shape index (κ1) is 15.6. The maximum Gasteiger partial charge on any atom is 0.324 e. The second-order valence-corrected chi connectivity index (χ2v) is 6.05. The van der Waals surface area contributed by atoms with Crippen molar-refractivity contribution in [1.82, 2.24) is 0 Å². The number of esters is 1. The van der Waals surface area contributed by atoms with Crippen LogP contribution in [0.3, 0.4) is 0 Å². The number of hydrogen-bond donors (Lipinski definition) is 0. The minimum atomic E-state index is -0.953. The number of fused-ring (bicyclic) bond motifs is 1. The number of rotatable bonds is 3. The highest BCUT2D eigenvalue weighted by Gasteiger charge is 2.50. The van der Waals surface area contributed by atoms with Crippen LogP contribution in [0.25, 0.3) is 5.70 Å². The third kappa shape index (κ3) is 2.53. The maximum atomic E-state index is 12.5. The molecule has 2 aromatic carbocycles. The molecule has 1 unspecified atom stereocenters. The molecule has 25 heavy (non-hydrogen) atoms. The lowest BCUT2D eigenvalue weighted by Gasteiger charge is -2.33. The van der Waals surface area contributed by atoms with Gasteiger partial charge < -0.3 is 9.47 Å². The van der Waals surface area contributed by atoms with E-state index in [2.05, 4.69) is 0 Å². The Hall–Kier alpha value is -2.92. The quantitative estimate of drug-likeness (QED) is 0.810. The fourth-order valence-electron chi connectivity index (χ4n) is 3.23. The molecule has 4 rings (SSSR count). The Morgan fingerprint density at radius 2 is 1.80 bits per heavy atom. The molecule has 1 atom stereocenters. The van der Waals surface area contributed by atoms with Crippen molar-refractivity contribution in [3.05, 3.63) is 72.3 Å². The van der Waals surface area contributed by atoms with E-state index in [4.69, 9.17) is 14.6 Å². The average molecular weight is 334 g/mol. The van der Waals surface area contributed by atoms with Crippen molar-refractivity contribution in [3.8, 4) is 0 Å². The van der Waals surface area contributed by atoms with Gasteiger partial charge in [0.1, 0.15) is 0 Å². The number of hydrogen-bond acceptors (Lipinski definition) is 5. The van der Waals surface area contributed by atoms with Crippen molar-refractivity contribution in [3.63, 3.8) is 0 Å². The highest BCUT2D eigenvalue weighted by molar-refractivity contribution is 6.14. The maximum absolute atomic E-state index is 12.5. The van der Waals surface area contributed by atoms with Crippen LogP contribution in [0, 0.1) is 5.41 Å². The molecule has 0 spiro atoms. The Bertz CT molecular complexity index is 846. The van der Waals surface area contributed by atoms with Crippen LogP contribution < -0.4 is 5.01 Å². The molecule has 126 valence electrons. The molecule has 5 heteroatoms. The van der Waals surface area contributed by atoms with Gasteiger partial charge in [-0.25, -0.2) is 5.01 Å². The number of anilines is 1. The van der Waals surface area contributed by atoms with Crippen LogP contribution in [0.15, 0.2) is 71.8 Å². The van der Waals surface area contributed by atoms with Gasteiger partial charge in [-0.15, -0.1) is 0 Å². The van der Waals surface area contributed by atoms with Gasteiger partial charge in [-0.2, -0.15) is 5.10 Å². The van der Waals surface area contributed by atoms with Gasteiger partial charge in [0, 0.05) is 0 Å². The average Bonchev–Trinajstić information content (AvgIpc) is 3.12. The first-order valence-electron chi connectivity index (χ1n) is 8.12. The lowest BCUT2D eigenvalue weighted by atomic mass is 9.82. The fourth-order valence-corrected chi connectivity index (χ4v) is 3.23. The van der Waals surface area contributed by atoms with Gasteiger partial charge >= 0.3 is 5.97 Å². The Morgan fingerprint density at radius 3 is 2.48 bits per heavy atom. The minimum absolute atomic E-state index is 0.247. The molecule has 0 saturated carbocycles. The van der Waals surface area contributed by atoms with Gasteiger partial charge in [-0.3, -0.25) is 4.79 Å². The van der Waals surface area contributed by atoms with Crippen molar-refractivity contribution < 1.29 is 14.3 Å². The Labute approximate surface area is 146 Å². The largest absolute Gasteiger partial charge is 0.468 e. The second-order valence-electron chi connectivity index (χ2n) is 6.05. The lowest BCUT2D eigenvalue weighted by molar-refractivity contribution is -0.147. The summed E-state index contributed by atoms with van der Waals surface area (Å²) in [7, 11) is 1.40. The molecule has 0 aromatic heterocycles. The number of methoxy groups -OCH3 is 1. The van der Waals surface area contributed by atoms with E-state index in [0.717, 1.165) is 16.9 Å². The van der Waals surface area contributed by atoms with Gasteiger partial charge in [0.2, 0.25) is 0 Å². The van der Waals surface area contributed by atoms with Gasteiger partial charge in [0.25, 0.3) is 0 Å². The van der Waals surface area contributed by atoms with E-state index in [1.807, 2.05) is 71.7 Å². The van der Waals surface area contributed by atoms with Crippen LogP contribution in [-0.2, 0) is 14.3 Å². The number of ether oxygens (including phenoxy) is 2. The summed E-state index contributed by atoms with van der Waals surface area (Å²) in [6, 6.07) is 19.8. The summed E-state index contributed by atoms with van der Waals surface area (Å²) in [6.07, 6.45) is 1.93. The van der Waals surface area contributed by atoms with Gasteiger partial charge in [0.15, 0.2) is 5.41 Å². The number of carbonyl (C=O) groups is 1. The zero-order chi connectivity index (χ0) is 17.3. The molecular weight excluding hydrogens is 316 g/mol. The first-order chi connectivity index (χ1) is 12.2. The van der Waals surface area contributed by atoms with Crippen molar-refractivity contribution in [2.24, 2.45) is 10.5 Å². The van der Waals surface area contributed by atoms with Crippen LogP contribution in [0.5, 0.6) is 0 Å². The summed E-state index contributed by atoms with van der Waals surface area (Å²) in [5.74, 6) is -0.343. The number of benzene rings is 2. The molecule has 2 aliphatic rings. The van der Waals surface area contributed by atoms with E-state index in [1.165, 1.54) is 7.11 Å². The number of carbonyl (C=O) groups excluding carboxylic acids is 1. The highest BCUT2D eigenvalue weighted by Crippen LogP contribution is 2.40. The summed E-state index contributed by atoms with van der Waals surface area (Å²) < 4.78 is 10.6. The number of hydrazone groups is 1. The predicted octanol–water partition coefficient (Wildman–Crippen LogP) is 3.09. The Morgan fingerprint density at radius 1 is 1.12 bits per heavy atom. The van der Waals surface area contributed by atoms with Crippen LogP contribution >= 0.6 is 0 Å². The molecule has 2 aliphatic heterocycles. The van der Waals surface area contributed by atoms with Gasteiger partial charge in [-0.05, 0) is 23.8 Å². The van der Waals surface area contributed by atoms with E-state index < -0.39 is 5.41 Å². The van der Waals surface area contributed by atoms with Crippen molar-refractivity contribution in [2.45, 2.75) is 0 Å². The lowest BCUT2D eigenvalue weighted by Crippen LogP contribution is -2.42. The van der Waals surface area contributed by atoms with Crippen molar-refractivity contribution in [2.75, 3.05) is 25.3 Å². The standard InChI is InChI=1S/C20H18N2O3/c1-24-19(23)20-12-17(15-8-4-2-5-9-15)22(16-10-6-3-7-11-16)21-18(20)13-25-14-20/h2-12H,13-14H2,1H3. The van der Waals surface area contributed by atoms with Crippen LogP contribution in [0.4, 0.5) is 5.69 Å². The summed E-state index contributed by atoms with van der Waals surface area (Å²) in [5.41, 5.74) is 2.46. The molecule has 0 N–H and O–H groups in total. The molecule has 2 heterocycles. The van der Waals surface area contributed by atoms with Crippen LogP contribution in [-0.4, -0.2) is 32.0 Å². The molecule has 0 radical (unpaired) electrons. The smallest absolute Gasteiger partial charge is 0.324 e. The zero-order valence-electron chi connectivity index (χ0n) is 13.9. The normalized spacial score (nSPS) is 22.0. The Kier molecular flexibility index (Phi) is 3.86. The van der Waals surface area contributed by atoms with E-state index in [9.17, 15) is 4.79 Å². The van der Waals surface area contributed by atoms with Crippen LogP contribution in [0.1, 0.15) is 5.56 Å². The second kappa shape index (κ2) is 6.18. The molecule has 1 fully saturated rings. The summed E-state index contributed by atoms with van der Waals surface area (Å²) in [4.78, 5) is 12.5. The molecule has 2 aromatic rings. The van der Waals surface area contributed by atoms with Crippen molar-refractivity contribution in [1.29, 1.82) is 0 Å². The molecule has 0 aliphatic carbocycles. The Balaban J connectivity index is 1.90. The summed E-state index contributed by atoms with van der Waals surface area (Å²) in [5, 5.41) is 6.63. The SMILES string of the molecule is COC(=O)C12C=C(c3ccccc3)N(c3ccccc3)N=C1COC2. The topological polar surface area (TPSA) is 51.1 Å². The minimum Gasteiger partial charge on any atom is -0.468 e. The van der Waals surface area contributed by atoms with Gasteiger partial charge in [-0.1, -0.05) is 48.5 Å². The summed E-state index contributed by atoms with van der Waals surface area (Å²) >= 11 is 0. The third-order valence-corrected chi connectivity index (χ3v) is 4.54. The first-order valence-corrected chi connectivity index (χ1v) is 8.12. The van der Waals surface area contributed by atoms with E-state index in [0.29, 0.717) is 12.3 Å². The van der Waals surface area contributed by atoms with E-state index in [-0.39, 0.29) is 12.6 Å².